The molecule has 0 N–H and O–H groups in total. The largest absolute Gasteiger partial charge is 0.366 e. The van der Waals surface area contributed by atoms with Gasteiger partial charge in [0.15, 0.2) is 0 Å². The van der Waals surface area contributed by atoms with E-state index in [2.05, 4.69) is 54.6 Å². The maximum absolute atomic E-state index is 6.30. The van der Waals surface area contributed by atoms with E-state index in [-0.39, 0.29) is 6.10 Å². The fourth-order valence-corrected chi connectivity index (χ4v) is 3.86. The van der Waals surface area contributed by atoms with E-state index in [4.69, 9.17) is 9.72 Å². The van der Waals surface area contributed by atoms with E-state index in [0.29, 0.717) is 6.61 Å². The Kier molecular flexibility index (Phi) is 4.86. The molecule has 124 valence electrons. The highest BCUT2D eigenvalue weighted by molar-refractivity contribution is 7.18. The van der Waals surface area contributed by atoms with E-state index in [0.717, 1.165) is 16.9 Å². The molecule has 4 rings (SSSR count). The van der Waals surface area contributed by atoms with E-state index in [1.165, 1.54) is 15.8 Å². The van der Waals surface area contributed by atoms with E-state index in [9.17, 15) is 0 Å². The molecule has 4 aromatic rings. The summed E-state index contributed by atoms with van der Waals surface area (Å²) < 4.78 is 7.50. The smallest absolute Gasteiger partial charge is 0.123 e. The summed E-state index contributed by atoms with van der Waals surface area (Å²) in [7, 11) is 0. The lowest BCUT2D eigenvalue weighted by Gasteiger charge is -2.16. The summed E-state index contributed by atoms with van der Waals surface area (Å²) in [5.74, 6) is 0. The molecule has 25 heavy (non-hydrogen) atoms. The number of rotatable bonds is 6. The molecule has 0 bridgehead atoms. The van der Waals surface area contributed by atoms with Crippen LogP contribution < -0.4 is 0 Å². The molecule has 2 nitrogen and oxygen atoms in total. The number of para-hydroxylation sites is 1. The summed E-state index contributed by atoms with van der Waals surface area (Å²) in [6, 6.07) is 29.0. The molecule has 3 heteroatoms. The van der Waals surface area contributed by atoms with Gasteiger partial charge in [-0.2, -0.15) is 0 Å². The molecule has 0 saturated heterocycles. The van der Waals surface area contributed by atoms with Crippen molar-refractivity contribution in [3.8, 4) is 0 Å². The third-order valence-electron chi connectivity index (χ3n) is 4.14. The van der Waals surface area contributed by atoms with E-state index >= 15 is 0 Å². The van der Waals surface area contributed by atoms with Crippen LogP contribution in [-0.4, -0.2) is 4.98 Å². The fourth-order valence-electron chi connectivity index (χ4n) is 2.84. The minimum Gasteiger partial charge on any atom is -0.366 e. The zero-order chi connectivity index (χ0) is 16.9. The van der Waals surface area contributed by atoms with Gasteiger partial charge < -0.3 is 4.74 Å². The van der Waals surface area contributed by atoms with Crippen molar-refractivity contribution in [2.45, 2.75) is 19.1 Å². The maximum Gasteiger partial charge on any atom is 0.123 e. The average molecular weight is 345 g/mol. The number of nitrogens with zero attached hydrogens (tertiary/aromatic N) is 1. The highest BCUT2D eigenvalue weighted by Gasteiger charge is 2.18. The van der Waals surface area contributed by atoms with Gasteiger partial charge >= 0.3 is 0 Å². The molecule has 0 amide bonds. The number of hydrogen-bond donors (Lipinski definition) is 0. The summed E-state index contributed by atoms with van der Waals surface area (Å²) in [6.07, 6.45) is 0.785. The van der Waals surface area contributed by atoms with Gasteiger partial charge in [0.05, 0.1) is 16.8 Å². The van der Waals surface area contributed by atoms with Gasteiger partial charge in [0.1, 0.15) is 11.1 Å². The van der Waals surface area contributed by atoms with Crippen LogP contribution in [0.25, 0.3) is 10.2 Å². The van der Waals surface area contributed by atoms with Crippen LogP contribution >= 0.6 is 11.3 Å². The molecule has 0 radical (unpaired) electrons. The molecule has 3 aromatic carbocycles. The SMILES string of the molecule is c1ccc(COC(Cc2ccccc2)c2nc3ccccc3s2)cc1. The number of aromatic nitrogens is 1. The number of benzene rings is 3. The second-order valence-electron chi connectivity index (χ2n) is 5.99. The van der Waals surface area contributed by atoms with Gasteiger partial charge in [-0.1, -0.05) is 72.8 Å². The average Bonchev–Trinajstić information content (AvgIpc) is 3.11. The van der Waals surface area contributed by atoms with Gasteiger partial charge in [0.25, 0.3) is 0 Å². The Morgan fingerprint density at radius 2 is 1.40 bits per heavy atom. The highest BCUT2D eigenvalue weighted by Crippen LogP contribution is 2.31. The number of ether oxygens (including phenoxy) is 1. The van der Waals surface area contributed by atoms with Gasteiger partial charge in [-0.05, 0) is 23.3 Å². The quantitative estimate of drug-likeness (QED) is 0.441. The van der Waals surface area contributed by atoms with Crippen molar-refractivity contribution >= 4 is 21.6 Å². The third-order valence-corrected chi connectivity index (χ3v) is 5.27. The van der Waals surface area contributed by atoms with Crippen LogP contribution in [0.4, 0.5) is 0 Å². The lowest BCUT2D eigenvalue weighted by molar-refractivity contribution is 0.0399. The third kappa shape index (κ3) is 3.95. The molecular formula is C22H19NOS. The summed E-state index contributed by atoms with van der Waals surface area (Å²) in [5, 5.41) is 1.04. The number of thiazole rings is 1. The normalized spacial score (nSPS) is 12.3. The second kappa shape index (κ2) is 7.60. The lowest BCUT2D eigenvalue weighted by Crippen LogP contribution is -2.08. The Morgan fingerprint density at radius 3 is 2.12 bits per heavy atom. The number of fused-ring (bicyclic) bond motifs is 1. The Hall–Kier alpha value is -2.49. The predicted octanol–water partition coefficient (Wildman–Crippen LogP) is 5.80. The maximum atomic E-state index is 6.30. The van der Waals surface area contributed by atoms with Gasteiger partial charge in [0.2, 0.25) is 0 Å². The minimum atomic E-state index is -0.0417. The van der Waals surface area contributed by atoms with Crippen LogP contribution in [0, 0.1) is 0 Å². The van der Waals surface area contributed by atoms with Crippen molar-refractivity contribution in [3.05, 3.63) is 101 Å². The van der Waals surface area contributed by atoms with Crippen LogP contribution in [0.15, 0.2) is 84.9 Å². The van der Waals surface area contributed by atoms with Crippen LogP contribution in [-0.2, 0) is 17.8 Å². The van der Waals surface area contributed by atoms with E-state index in [1.807, 2.05) is 30.3 Å². The standard InChI is InChI=1S/C22H19NOS/c1-3-9-17(10-4-1)15-20(24-16-18-11-5-2-6-12-18)22-23-19-13-7-8-14-21(19)25-22/h1-14,20H,15-16H2. The first-order valence-electron chi connectivity index (χ1n) is 8.43. The highest BCUT2D eigenvalue weighted by atomic mass is 32.1. The van der Waals surface area contributed by atoms with Crippen LogP contribution in [0.2, 0.25) is 0 Å². The lowest BCUT2D eigenvalue weighted by atomic mass is 10.1. The van der Waals surface area contributed by atoms with Crippen LogP contribution in [0.5, 0.6) is 0 Å². The van der Waals surface area contributed by atoms with Crippen molar-refractivity contribution in [1.82, 2.24) is 4.98 Å². The molecule has 0 aliphatic heterocycles. The Bertz CT molecular complexity index is 901. The molecule has 0 spiro atoms. The van der Waals surface area contributed by atoms with Crippen molar-refractivity contribution in [2.24, 2.45) is 0 Å². The molecule has 1 aromatic heterocycles. The van der Waals surface area contributed by atoms with Crippen molar-refractivity contribution in [3.63, 3.8) is 0 Å². The molecular weight excluding hydrogens is 326 g/mol. The summed E-state index contributed by atoms with van der Waals surface area (Å²) in [5.41, 5.74) is 3.49. The zero-order valence-electron chi connectivity index (χ0n) is 13.8. The Labute approximate surface area is 151 Å². The second-order valence-corrected chi connectivity index (χ2v) is 7.06. The summed E-state index contributed by atoms with van der Waals surface area (Å²) in [4.78, 5) is 4.82. The Balaban J connectivity index is 1.60. The van der Waals surface area contributed by atoms with Crippen LogP contribution in [0.1, 0.15) is 22.2 Å². The first-order chi connectivity index (χ1) is 12.4. The van der Waals surface area contributed by atoms with Gasteiger partial charge in [-0.15, -0.1) is 11.3 Å². The topological polar surface area (TPSA) is 22.1 Å². The van der Waals surface area contributed by atoms with E-state index < -0.39 is 0 Å². The van der Waals surface area contributed by atoms with Gasteiger partial charge in [0, 0.05) is 6.42 Å². The summed E-state index contributed by atoms with van der Waals surface area (Å²) in [6.45, 7) is 0.592. The van der Waals surface area contributed by atoms with E-state index in [1.54, 1.807) is 11.3 Å². The molecule has 0 aliphatic carbocycles. The molecule has 1 atom stereocenters. The first kappa shape index (κ1) is 16.0. The first-order valence-corrected chi connectivity index (χ1v) is 9.25. The van der Waals surface area contributed by atoms with Crippen molar-refractivity contribution < 1.29 is 4.74 Å². The molecule has 0 saturated carbocycles. The predicted molar refractivity (Wildman–Crippen MR) is 104 cm³/mol. The number of hydrogen-bond acceptors (Lipinski definition) is 3. The molecule has 0 fully saturated rings. The Morgan fingerprint density at radius 1 is 0.760 bits per heavy atom. The van der Waals surface area contributed by atoms with Crippen molar-refractivity contribution in [1.29, 1.82) is 0 Å². The van der Waals surface area contributed by atoms with Crippen LogP contribution in [0.3, 0.4) is 0 Å². The monoisotopic (exact) mass is 345 g/mol. The van der Waals surface area contributed by atoms with Gasteiger partial charge in [-0.25, -0.2) is 4.98 Å². The zero-order valence-corrected chi connectivity index (χ0v) is 14.7. The summed E-state index contributed by atoms with van der Waals surface area (Å²) >= 11 is 1.72. The van der Waals surface area contributed by atoms with Gasteiger partial charge in [-0.3, -0.25) is 0 Å². The minimum absolute atomic E-state index is 0.0417. The molecule has 1 heterocycles. The molecule has 0 aliphatic rings. The van der Waals surface area contributed by atoms with Crippen molar-refractivity contribution in [2.75, 3.05) is 0 Å². The molecule has 1 unspecified atom stereocenters. The fraction of sp³-hybridized carbons (Fsp3) is 0.136.